The molecule has 0 aliphatic rings. The average molecular weight is 343 g/mol. The third kappa shape index (κ3) is 4.72. The molecule has 0 fully saturated rings. The third-order valence-corrected chi connectivity index (χ3v) is 5.22. The van der Waals surface area contributed by atoms with Crippen molar-refractivity contribution in [3.63, 3.8) is 0 Å². The van der Waals surface area contributed by atoms with E-state index in [-0.39, 0.29) is 0 Å². The molecule has 2 heterocycles. The molecule has 0 saturated heterocycles. The lowest BCUT2D eigenvalue weighted by Crippen LogP contribution is -2.19. The Balaban J connectivity index is 1.58. The van der Waals surface area contributed by atoms with Crippen LogP contribution in [0.1, 0.15) is 4.88 Å². The van der Waals surface area contributed by atoms with Crippen LogP contribution in [0.25, 0.3) is 0 Å². The first-order chi connectivity index (χ1) is 8.86. The lowest BCUT2D eigenvalue weighted by molar-refractivity contribution is 0.725. The number of thiophene rings is 1. The third-order valence-electron chi connectivity index (χ3n) is 2.37. The Morgan fingerprint density at radius 3 is 3.00 bits per heavy atom. The second-order valence-corrected chi connectivity index (χ2v) is 6.69. The number of pyridine rings is 1. The van der Waals surface area contributed by atoms with E-state index in [1.165, 1.54) is 4.88 Å². The van der Waals surface area contributed by atoms with Gasteiger partial charge in [-0.2, -0.15) is 0 Å². The highest BCUT2D eigenvalue weighted by atomic mass is 79.9. The molecule has 0 atom stereocenters. The highest BCUT2D eigenvalue weighted by Crippen LogP contribution is 2.23. The van der Waals surface area contributed by atoms with Gasteiger partial charge in [0.25, 0.3) is 0 Å². The van der Waals surface area contributed by atoms with Gasteiger partial charge in [0.05, 0.1) is 0 Å². The molecule has 0 aromatic carbocycles. The molecule has 1 N–H and O–H groups in total. The van der Waals surface area contributed by atoms with Crippen molar-refractivity contribution in [3.05, 3.63) is 45.2 Å². The van der Waals surface area contributed by atoms with E-state index in [0.717, 1.165) is 34.8 Å². The van der Waals surface area contributed by atoms with Crippen molar-refractivity contribution in [3.8, 4) is 0 Å². The fraction of sp³-hybridized carbons (Fsp3) is 0.308. The molecule has 2 aromatic heterocycles. The number of hydrogen-bond acceptors (Lipinski definition) is 4. The summed E-state index contributed by atoms with van der Waals surface area (Å²) in [6.07, 6.45) is 2.95. The van der Waals surface area contributed by atoms with E-state index in [0.29, 0.717) is 0 Å². The van der Waals surface area contributed by atoms with Crippen molar-refractivity contribution < 1.29 is 0 Å². The van der Waals surface area contributed by atoms with Gasteiger partial charge in [0.2, 0.25) is 0 Å². The van der Waals surface area contributed by atoms with Crippen molar-refractivity contribution in [2.45, 2.75) is 11.4 Å². The minimum atomic E-state index is 1.01. The lowest BCUT2D eigenvalue weighted by atomic mass is 10.3. The molecule has 2 aromatic rings. The minimum absolute atomic E-state index is 1.01. The van der Waals surface area contributed by atoms with Gasteiger partial charge in [-0.3, -0.25) is 0 Å². The van der Waals surface area contributed by atoms with Crippen molar-refractivity contribution in [1.29, 1.82) is 0 Å². The van der Waals surface area contributed by atoms with E-state index in [2.05, 4.69) is 43.7 Å². The first kappa shape index (κ1) is 14.1. The van der Waals surface area contributed by atoms with Gasteiger partial charge in [0.1, 0.15) is 5.03 Å². The zero-order valence-electron chi connectivity index (χ0n) is 9.93. The fourth-order valence-corrected chi connectivity index (χ4v) is 3.58. The number of aromatic nitrogens is 1. The number of hydrogen-bond donors (Lipinski definition) is 1. The van der Waals surface area contributed by atoms with Crippen LogP contribution in [0.5, 0.6) is 0 Å². The molecule has 0 bridgehead atoms. The molecule has 0 amide bonds. The predicted octanol–water partition coefficient (Wildman–Crippen LogP) is 3.83. The van der Waals surface area contributed by atoms with E-state index in [1.807, 2.05) is 29.7 Å². The normalized spacial score (nSPS) is 10.7. The molecule has 2 rings (SSSR count). The summed E-state index contributed by atoms with van der Waals surface area (Å²) in [5.41, 5.74) is 0. The Labute approximate surface area is 124 Å². The molecule has 0 saturated carbocycles. The number of rotatable bonds is 7. The molecule has 5 heteroatoms. The van der Waals surface area contributed by atoms with Crippen molar-refractivity contribution in [2.75, 3.05) is 18.8 Å². The molecule has 18 heavy (non-hydrogen) atoms. The standard InChI is InChI=1S/C13H15BrN2S2/c14-12-4-1-6-16-13(12)18-10-8-15-7-5-11-3-2-9-17-11/h1-4,6,9,15H,5,7-8,10H2. The van der Waals surface area contributed by atoms with Crippen LogP contribution >= 0.6 is 39.0 Å². The van der Waals surface area contributed by atoms with Gasteiger partial charge in [-0.25, -0.2) is 4.98 Å². The first-order valence-electron chi connectivity index (χ1n) is 5.82. The maximum Gasteiger partial charge on any atom is 0.110 e. The molecule has 2 nitrogen and oxygen atoms in total. The summed E-state index contributed by atoms with van der Waals surface area (Å²) in [4.78, 5) is 5.77. The van der Waals surface area contributed by atoms with Gasteiger partial charge >= 0.3 is 0 Å². The molecule has 0 aliphatic heterocycles. The second kappa shape index (κ2) is 7.94. The van der Waals surface area contributed by atoms with Crippen molar-refractivity contribution in [1.82, 2.24) is 10.3 Å². The molecule has 0 aliphatic carbocycles. The van der Waals surface area contributed by atoms with E-state index in [1.54, 1.807) is 11.8 Å². The Kier molecular flexibility index (Phi) is 6.20. The molecule has 96 valence electrons. The topological polar surface area (TPSA) is 24.9 Å². The van der Waals surface area contributed by atoms with Crippen molar-refractivity contribution in [2.24, 2.45) is 0 Å². The van der Waals surface area contributed by atoms with E-state index in [9.17, 15) is 0 Å². The second-order valence-electron chi connectivity index (χ2n) is 3.72. The molecular formula is C13H15BrN2S2. The summed E-state index contributed by atoms with van der Waals surface area (Å²) in [6, 6.07) is 8.26. The monoisotopic (exact) mass is 342 g/mol. The lowest BCUT2D eigenvalue weighted by Gasteiger charge is -2.04. The summed E-state index contributed by atoms with van der Waals surface area (Å²) >= 11 is 7.10. The van der Waals surface area contributed by atoms with Crippen LogP contribution < -0.4 is 5.32 Å². The zero-order chi connectivity index (χ0) is 12.6. The minimum Gasteiger partial charge on any atom is -0.316 e. The number of nitrogens with one attached hydrogen (secondary N) is 1. The fourth-order valence-electron chi connectivity index (χ4n) is 1.49. The van der Waals surface area contributed by atoms with Crippen LogP contribution in [-0.2, 0) is 6.42 Å². The smallest absolute Gasteiger partial charge is 0.110 e. The Morgan fingerprint density at radius 1 is 1.28 bits per heavy atom. The van der Waals surface area contributed by atoms with Gasteiger partial charge in [-0.05, 0) is 52.5 Å². The van der Waals surface area contributed by atoms with Crippen LogP contribution in [0.15, 0.2) is 45.3 Å². The van der Waals surface area contributed by atoms with E-state index < -0.39 is 0 Å². The summed E-state index contributed by atoms with van der Waals surface area (Å²) < 4.78 is 1.08. The highest BCUT2D eigenvalue weighted by Gasteiger charge is 2.00. The SMILES string of the molecule is Brc1cccnc1SCCNCCc1cccs1. The number of thioether (sulfide) groups is 1. The average Bonchev–Trinajstić information content (AvgIpc) is 2.89. The Hall–Kier alpha value is -0.360. The van der Waals surface area contributed by atoms with Gasteiger partial charge in [-0.15, -0.1) is 23.1 Å². The highest BCUT2D eigenvalue weighted by molar-refractivity contribution is 9.10. The molecular weight excluding hydrogens is 328 g/mol. The summed E-state index contributed by atoms with van der Waals surface area (Å²) in [7, 11) is 0. The van der Waals surface area contributed by atoms with Crippen LogP contribution in [-0.4, -0.2) is 23.8 Å². The van der Waals surface area contributed by atoms with Crippen molar-refractivity contribution >= 4 is 39.0 Å². The van der Waals surface area contributed by atoms with Gasteiger partial charge < -0.3 is 5.32 Å². The summed E-state index contributed by atoms with van der Waals surface area (Å²) in [5, 5.41) is 6.65. The summed E-state index contributed by atoms with van der Waals surface area (Å²) in [6.45, 7) is 2.06. The molecule has 0 spiro atoms. The summed E-state index contributed by atoms with van der Waals surface area (Å²) in [5.74, 6) is 1.04. The van der Waals surface area contributed by atoms with Gasteiger partial charge in [0.15, 0.2) is 0 Å². The van der Waals surface area contributed by atoms with Crippen LogP contribution in [0.2, 0.25) is 0 Å². The quantitative estimate of drug-likeness (QED) is 0.611. The van der Waals surface area contributed by atoms with Crippen LogP contribution in [0.4, 0.5) is 0 Å². The zero-order valence-corrected chi connectivity index (χ0v) is 13.2. The largest absolute Gasteiger partial charge is 0.316 e. The molecule has 0 unspecified atom stereocenters. The van der Waals surface area contributed by atoms with Crippen LogP contribution in [0.3, 0.4) is 0 Å². The number of nitrogens with zero attached hydrogens (tertiary/aromatic N) is 1. The van der Waals surface area contributed by atoms with Gasteiger partial charge in [0, 0.05) is 27.8 Å². The predicted molar refractivity (Wildman–Crippen MR) is 83.6 cm³/mol. The van der Waals surface area contributed by atoms with E-state index in [4.69, 9.17) is 0 Å². The van der Waals surface area contributed by atoms with E-state index >= 15 is 0 Å². The number of halogens is 1. The van der Waals surface area contributed by atoms with Gasteiger partial charge in [-0.1, -0.05) is 6.07 Å². The molecule has 0 radical (unpaired) electrons. The first-order valence-corrected chi connectivity index (χ1v) is 8.48. The van der Waals surface area contributed by atoms with Crippen LogP contribution in [0, 0.1) is 0 Å². The Morgan fingerprint density at radius 2 is 2.22 bits per heavy atom. The maximum atomic E-state index is 4.33. The maximum absolute atomic E-state index is 4.33. The Bertz CT molecular complexity index is 460.